The fraction of sp³-hybridized carbons (Fsp3) is 0.318. The Kier molecular flexibility index (Phi) is 7.79. The van der Waals surface area contributed by atoms with Gasteiger partial charge >= 0.3 is 5.84 Å². The first kappa shape index (κ1) is 24.4. The van der Waals surface area contributed by atoms with Gasteiger partial charge in [-0.2, -0.15) is 0 Å². The highest BCUT2D eigenvalue weighted by atomic mass is 32.2. The van der Waals surface area contributed by atoms with E-state index in [1.165, 1.54) is 6.21 Å². The van der Waals surface area contributed by atoms with Gasteiger partial charge in [0.05, 0.1) is 30.8 Å². The number of aliphatic hydroxyl groups excluding tert-OH is 2. The van der Waals surface area contributed by atoms with E-state index in [1.807, 2.05) is 31.2 Å². The number of sulfonamides is 1. The highest BCUT2D eigenvalue weighted by molar-refractivity contribution is 7.92. The molecule has 10 nitrogen and oxygen atoms in total. The molecular formula is C22H29N6O4S+. The zero-order chi connectivity index (χ0) is 24.0. The van der Waals surface area contributed by atoms with Gasteiger partial charge < -0.3 is 15.1 Å². The highest BCUT2D eigenvalue weighted by Crippen LogP contribution is 2.31. The maximum absolute atomic E-state index is 11.9. The molecule has 0 spiro atoms. The number of aliphatic imine (C=N–C) groups is 1. The summed E-state index contributed by atoms with van der Waals surface area (Å²) in [5, 5.41) is 22.9. The van der Waals surface area contributed by atoms with Crippen LogP contribution in [-0.2, 0) is 16.6 Å². The van der Waals surface area contributed by atoms with E-state index in [9.17, 15) is 18.6 Å². The Morgan fingerprint density at radius 2 is 1.79 bits per heavy atom. The van der Waals surface area contributed by atoms with E-state index < -0.39 is 10.0 Å². The Morgan fingerprint density at radius 3 is 2.39 bits per heavy atom. The molecule has 2 aromatic rings. The minimum absolute atomic E-state index is 0.113. The molecule has 0 radical (unpaired) electrons. The Hall–Kier alpha value is -3.28. The number of hydrogen-bond donors (Lipinski definition) is 4. The number of anilines is 2. The normalized spacial score (nSPS) is 14.8. The molecule has 1 heterocycles. The van der Waals surface area contributed by atoms with Crippen LogP contribution in [0.5, 0.6) is 0 Å². The van der Waals surface area contributed by atoms with Crippen LogP contribution in [0.3, 0.4) is 0 Å². The van der Waals surface area contributed by atoms with Gasteiger partial charge in [0.1, 0.15) is 12.8 Å². The molecule has 1 aliphatic heterocycles. The standard InChI is InChI=1S/C22H28N6O4S/c1-16-3-5-17(6-4-16)15-28-22(23)21(14-24-28)25-19-8-7-18(27(9-11-29)10-12-30)13-20(19)26-33(2,31)32/h3-8,13-14,29-30H,9-12,15H2,1-2H3,(H2,23,24,26)/p+1. The van der Waals surface area contributed by atoms with Crippen molar-refractivity contribution in [1.29, 1.82) is 0 Å². The van der Waals surface area contributed by atoms with Gasteiger partial charge in [-0.1, -0.05) is 34.9 Å². The van der Waals surface area contributed by atoms with E-state index in [2.05, 4.69) is 14.8 Å². The molecule has 0 aromatic heterocycles. The largest absolute Gasteiger partial charge is 0.395 e. The smallest absolute Gasteiger partial charge is 0.321 e. The van der Waals surface area contributed by atoms with Crippen molar-refractivity contribution < 1.29 is 23.3 Å². The van der Waals surface area contributed by atoms with E-state index in [-0.39, 0.29) is 32.0 Å². The number of amidine groups is 1. The lowest BCUT2D eigenvalue weighted by Crippen LogP contribution is -2.29. The summed E-state index contributed by atoms with van der Waals surface area (Å²) in [6.07, 6.45) is 2.59. The van der Waals surface area contributed by atoms with Crippen molar-refractivity contribution in [3.63, 3.8) is 0 Å². The summed E-state index contributed by atoms with van der Waals surface area (Å²) in [5.41, 5.74) is 10.1. The van der Waals surface area contributed by atoms with Crippen molar-refractivity contribution in [2.75, 3.05) is 42.2 Å². The third-order valence-corrected chi connectivity index (χ3v) is 5.52. The molecule has 0 bridgehead atoms. The fourth-order valence-corrected chi connectivity index (χ4v) is 3.87. The first-order valence-corrected chi connectivity index (χ1v) is 12.3. The zero-order valence-corrected chi connectivity index (χ0v) is 19.5. The second kappa shape index (κ2) is 10.6. The number of benzene rings is 2. The van der Waals surface area contributed by atoms with Crippen LogP contribution in [-0.4, -0.2) is 73.6 Å². The number of rotatable bonds is 10. The molecule has 1 aliphatic rings. The first-order chi connectivity index (χ1) is 15.7. The van der Waals surface area contributed by atoms with E-state index in [0.717, 1.165) is 17.4 Å². The van der Waals surface area contributed by atoms with E-state index in [4.69, 9.17) is 5.73 Å². The Labute approximate surface area is 193 Å². The van der Waals surface area contributed by atoms with Gasteiger partial charge in [0, 0.05) is 18.8 Å². The predicted octanol–water partition coefficient (Wildman–Crippen LogP) is 0.799. The molecule has 176 valence electrons. The number of nitrogens with two attached hydrogens (primary N) is 1. The summed E-state index contributed by atoms with van der Waals surface area (Å²) in [6.45, 7) is 2.84. The lowest BCUT2D eigenvalue weighted by molar-refractivity contribution is -0.546. The van der Waals surface area contributed by atoms with Gasteiger partial charge in [-0.15, -0.1) is 4.68 Å². The number of aliphatic hydroxyl groups is 2. The average Bonchev–Trinajstić information content (AvgIpc) is 3.09. The maximum atomic E-state index is 11.9. The van der Waals surface area contributed by atoms with E-state index in [0.29, 0.717) is 29.5 Å². The molecule has 3 rings (SSSR count). The zero-order valence-electron chi connectivity index (χ0n) is 18.6. The van der Waals surface area contributed by atoms with E-state index >= 15 is 0 Å². The monoisotopic (exact) mass is 473 g/mol. The number of nitrogens with zero attached hydrogens (tertiary/aromatic N) is 4. The van der Waals surface area contributed by atoms with Crippen LogP contribution in [0.25, 0.3) is 0 Å². The summed E-state index contributed by atoms with van der Waals surface area (Å²) in [6, 6.07) is 13.0. The van der Waals surface area contributed by atoms with Gasteiger partial charge in [0.25, 0.3) is 0 Å². The van der Waals surface area contributed by atoms with Crippen LogP contribution in [0.4, 0.5) is 17.1 Å². The molecule has 0 saturated heterocycles. The SMILES string of the molecule is Cc1ccc(C[N+]2=C(N)C(=Nc3ccc(N(CCO)CCO)cc3NS(C)(=O)=O)C=N2)cc1. The second-order valence-electron chi connectivity index (χ2n) is 7.68. The maximum Gasteiger partial charge on any atom is 0.321 e. The third kappa shape index (κ3) is 6.60. The molecule has 0 fully saturated rings. The topological polar surface area (TPSA) is 144 Å². The first-order valence-electron chi connectivity index (χ1n) is 10.4. The molecule has 2 aromatic carbocycles. The van der Waals surface area contributed by atoms with Crippen LogP contribution in [0, 0.1) is 6.92 Å². The number of hydrogen-bond acceptors (Lipinski definition) is 8. The number of hydrazone groups is 1. The predicted molar refractivity (Wildman–Crippen MR) is 131 cm³/mol. The van der Waals surface area contributed by atoms with Crippen LogP contribution in [0.15, 0.2) is 52.6 Å². The average molecular weight is 474 g/mol. The van der Waals surface area contributed by atoms with Crippen LogP contribution in [0.1, 0.15) is 11.1 Å². The van der Waals surface area contributed by atoms with Crippen molar-refractivity contribution in [2.24, 2.45) is 15.8 Å². The molecule has 0 aliphatic carbocycles. The Bertz CT molecular complexity index is 1180. The molecule has 0 unspecified atom stereocenters. The molecule has 33 heavy (non-hydrogen) atoms. The number of aryl methyl sites for hydroxylation is 1. The van der Waals surface area contributed by atoms with Gasteiger partial charge in [-0.25, -0.2) is 13.4 Å². The summed E-state index contributed by atoms with van der Waals surface area (Å²) in [7, 11) is -3.59. The molecular weight excluding hydrogens is 444 g/mol. The lowest BCUT2D eigenvalue weighted by atomic mass is 10.1. The highest BCUT2D eigenvalue weighted by Gasteiger charge is 2.23. The van der Waals surface area contributed by atoms with Crippen molar-refractivity contribution in [1.82, 2.24) is 0 Å². The van der Waals surface area contributed by atoms with Gasteiger partial charge in [0.2, 0.25) is 10.0 Å². The molecule has 11 heteroatoms. The summed E-state index contributed by atoms with van der Waals surface area (Å²) in [4.78, 5) is 6.28. The summed E-state index contributed by atoms with van der Waals surface area (Å²) >= 11 is 0. The van der Waals surface area contributed by atoms with Gasteiger partial charge in [-0.05, 0) is 30.7 Å². The van der Waals surface area contributed by atoms with Crippen LogP contribution >= 0.6 is 0 Å². The molecule has 5 N–H and O–H groups in total. The number of nitrogens with one attached hydrogen (secondary N) is 1. The molecule has 0 amide bonds. The van der Waals surface area contributed by atoms with Crippen molar-refractivity contribution in [2.45, 2.75) is 13.5 Å². The second-order valence-corrected chi connectivity index (χ2v) is 9.43. The molecule has 0 atom stereocenters. The lowest BCUT2D eigenvalue weighted by Gasteiger charge is -2.24. The van der Waals surface area contributed by atoms with Crippen LogP contribution in [0.2, 0.25) is 0 Å². The quantitative estimate of drug-likeness (QED) is 0.376. The van der Waals surface area contributed by atoms with Crippen molar-refractivity contribution in [3.05, 3.63) is 53.6 Å². The summed E-state index contributed by atoms with van der Waals surface area (Å²) < 4.78 is 28.0. The molecule has 0 saturated carbocycles. The fourth-order valence-electron chi connectivity index (χ4n) is 3.30. The third-order valence-electron chi connectivity index (χ3n) is 4.93. The Balaban J connectivity index is 1.94. The minimum Gasteiger partial charge on any atom is -0.395 e. The van der Waals surface area contributed by atoms with Crippen molar-refractivity contribution in [3.8, 4) is 0 Å². The summed E-state index contributed by atoms with van der Waals surface area (Å²) in [5.74, 6) is 0.354. The van der Waals surface area contributed by atoms with Gasteiger partial charge in [0.15, 0.2) is 5.71 Å². The van der Waals surface area contributed by atoms with Gasteiger partial charge in [-0.3, -0.25) is 10.5 Å². The van der Waals surface area contributed by atoms with Crippen LogP contribution < -0.4 is 15.4 Å². The minimum atomic E-state index is -3.59. The van der Waals surface area contributed by atoms with E-state index in [1.54, 1.807) is 27.8 Å². The Morgan fingerprint density at radius 1 is 1.12 bits per heavy atom. The van der Waals surface area contributed by atoms with Crippen molar-refractivity contribution >= 4 is 44.8 Å².